The summed E-state index contributed by atoms with van der Waals surface area (Å²) in [6, 6.07) is 8.24. The van der Waals surface area contributed by atoms with E-state index in [1.165, 1.54) is 10.3 Å². The van der Waals surface area contributed by atoms with Gasteiger partial charge in [0.15, 0.2) is 0 Å². The molecule has 4 rings (SSSR count). The van der Waals surface area contributed by atoms with Gasteiger partial charge in [-0.2, -0.15) is 0 Å². The molecule has 0 radical (unpaired) electrons. The number of allylic oxidation sites excluding steroid dienone is 2. The largest absolute Gasteiger partial charge is 0.350 e. The van der Waals surface area contributed by atoms with Crippen molar-refractivity contribution >= 4 is 22.7 Å². The first-order valence-electron chi connectivity index (χ1n) is 9.19. The minimum Gasteiger partial charge on any atom is -0.350 e. The molecular formula is C21H25N3O2. The third-order valence-corrected chi connectivity index (χ3v) is 5.86. The van der Waals surface area contributed by atoms with E-state index in [1.54, 1.807) is 0 Å². The second-order valence-corrected chi connectivity index (χ2v) is 7.63. The van der Waals surface area contributed by atoms with Gasteiger partial charge in [-0.25, -0.2) is 0 Å². The number of carbonyl (C=O) groups is 2. The number of hydrogen-bond acceptors (Lipinski definition) is 3. The number of rotatable bonds is 4. The van der Waals surface area contributed by atoms with Crippen molar-refractivity contribution < 1.29 is 9.59 Å². The molecule has 2 aliphatic rings. The van der Waals surface area contributed by atoms with Crippen LogP contribution >= 0.6 is 0 Å². The number of aryl methyl sites for hydroxylation is 1. The average molecular weight is 351 g/mol. The van der Waals surface area contributed by atoms with Crippen molar-refractivity contribution in [2.75, 3.05) is 20.6 Å². The highest BCUT2D eigenvalue weighted by Gasteiger charge is 2.47. The van der Waals surface area contributed by atoms with E-state index in [2.05, 4.69) is 27.8 Å². The molecule has 2 heterocycles. The van der Waals surface area contributed by atoms with Gasteiger partial charge in [-0.3, -0.25) is 14.5 Å². The van der Waals surface area contributed by atoms with Crippen LogP contribution in [0.4, 0.5) is 0 Å². The van der Waals surface area contributed by atoms with Crippen LogP contribution in [0.25, 0.3) is 10.9 Å². The molecule has 2 amide bonds. The molecule has 0 N–H and O–H groups in total. The van der Waals surface area contributed by atoms with Crippen molar-refractivity contribution in [3.63, 3.8) is 0 Å². The highest BCUT2D eigenvalue weighted by atomic mass is 16.2. The van der Waals surface area contributed by atoms with Gasteiger partial charge < -0.3 is 9.47 Å². The molecule has 5 nitrogen and oxygen atoms in total. The minimum absolute atomic E-state index is 0.00330. The highest BCUT2D eigenvalue weighted by Crippen LogP contribution is 2.37. The number of likely N-dealkylation sites (N-methyl/N-ethyl adjacent to an activating group) is 1. The minimum atomic E-state index is -0.164. The molecule has 0 unspecified atom stereocenters. The van der Waals surface area contributed by atoms with Crippen molar-refractivity contribution in [3.8, 4) is 0 Å². The number of imide groups is 1. The monoisotopic (exact) mass is 351 g/mol. The van der Waals surface area contributed by atoms with Crippen LogP contribution in [0.2, 0.25) is 0 Å². The molecule has 2 aromatic rings. The van der Waals surface area contributed by atoms with E-state index in [4.69, 9.17) is 0 Å². The van der Waals surface area contributed by atoms with Crippen molar-refractivity contribution in [1.82, 2.24) is 14.4 Å². The molecule has 1 fully saturated rings. The predicted octanol–water partition coefficient (Wildman–Crippen LogP) is 2.73. The number of aromatic nitrogens is 1. The van der Waals surface area contributed by atoms with E-state index >= 15 is 0 Å². The van der Waals surface area contributed by atoms with Gasteiger partial charge in [0.1, 0.15) is 0 Å². The van der Waals surface area contributed by atoms with Crippen molar-refractivity contribution in [2.45, 2.75) is 18.9 Å². The van der Waals surface area contributed by atoms with Crippen LogP contribution in [0.3, 0.4) is 0 Å². The van der Waals surface area contributed by atoms with Gasteiger partial charge in [0.25, 0.3) is 0 Å². The zero-order valence-electron chi connectivity index (χ0n) is 15.6. The third-order valence-electron chi connectivity index (χ3n) is 5.86. The lowest BCUT2D eigenvalue weighted by molar-refractivity contribution is -0.140. The number of benzene rings is 1. The molecule has 3 atom stereocenters. The number of fused-ring (bicyclic) bond motifs is 2. The van der Waals surface area contributed by atoms with Crippen molar-refractivity contribution in [1.29, 1.82) is 0 Å². The molecule has 0 saturated carbocycles. The summed E-state index contributed by atoms with van der Waals surface area (Å²) >= 11 is 0. The molecule has 0 bridgehead atoms. The van der Waals surface area contributed by atoms with Crippen LogP contribution in [-0.4, -0.2) is 46.8 Å². The fourth-order valence-electron chi connectivity index (χ4n) is 4.40. The smallest absolute Gasteiger partial charge is 0.233 e. The number of hydrogen-bond donors (Lipinski definition) is 0. The molecule has 136 valence electrons. The van der Waals surface area contributed by atoms with Crippen LogP contribution in [0, 0.1) is 11.8 Å². The lowest BCUT2D eigenvalue weighted by atomic mass is 9.85. The molecule has 1 aromatic heterocycles. The fraction of sp³-hybridized carbons (Fsp3) is 0.429. The molecule has 1 saturated heterocycles. The van der Waals surface area contributed by atoms with Gasteiger partial charge in [-0.05, 0) is 38.6 Å². The van der Waals surface area contributed by atoms with Crippen LogP contribution < -0.4 is 0 Å². The summed E-state index contributed by atoms with van der Waals surface area (Å²) < 4.78 is 2.11. The van der Waals surface area contributed by atoms with Gasteiger partial charge >= 0.3 is 0 Å². The Kier molecular flexibility index (Phi) is 4.19. The Morgan fingerprint density at radius 2 is 1.69 bits per heavy atom. The first kappa shape index (κ1) is 17.0. The molecule has 1 aliphatic carbocycles. The Morgan fingerprint density at radius 3 is 2.31 bits per heavy atom. The maximum Gasteiger partial charge on any atom is 0.233 e. The fourth-order valence-corrected chi connectivity index (χ4v) is 4.40. The predicted molar refractivity (Wildman–Crippen MR) is 101 cm³/mol. The molecule has 1 aliphatic heterocycles. The Balaban J connectivity index is 1.68. The number of para-hydroxylation sites is 1. The lowest BCUT2D eigenvalue weighted by Gasteiger charge is -2.28. The Hall–Kier alpha value is -2.40. The summed E-state index contributed by atoms with van der Waals surface area (Å²) in [6.45, 7) is 0.408. The standard InChI is InChI=1S/C21H25N3O2/c1-22(2)19(17-12-23(3)18-11-7-6-8-14(17)18)13-24-20(25)15-9-4-5-10-16(15)21(24)26/h4-8,11-12,15-16,19H,9-10,13H2,1-3H3/t15-,16-,19+/m0/s1. The number of carbonyl (C=O) groups excluding carboxylic acids is 2. The summed E-state index contributed by atoms with van der Waals surface area (Å²) in [5.74, 6) is -0.335. The quantitative estimate of drug-likeness (QED) is 0.628. The van der Waals surface area contributed by atoms with Crippen LogP contribution in [0.15, 0.2) is 42.6 Å². The van der Waals surface area contributed by atoms with E-state index in [0.29, 0.717) is 19.4 Å². The summed E-state index contributed by atoms with van der Waals surface area (Å²) in [5.41, 5.74) is 2.31. The Labute approximate surface area is 153 Å². The SMILES string of the molecule is CN(C)[C@H](CN1C(=O)[C@H]2CC=CC[C@@H]2C1=O)c1cn(C)c2ccccc12. The van der Waals surface area contributed by atoms with Crippen LogP contribution in [0.5, 0.6) is 0 Å². The number of nitrogens with zero attached hydrogens (tertiary/aromatic N) is 3. The Morgan fingerprint density at radius 1 is 1.08 bits per heavy atom. The zero-order valence-corrected chi connectivity index (χ0v) is 15.6. The highest BCUT2D eigenvalue weighted by molar-refractivity contribution is 6.05. The summed E-state index contributed by atoms with van der Waals surface area (Å²) in [7, 11) is 6.04. The number of amides is 2. The van der Waals surface area contributed by atoms with E-state index in [-0.39, 0.29) is 29.7 Å². The third kappa shape index (κ3) is 2.58. The maximum atomic E-state index is 12.9. The number of likely N-dealkylation sites (tertiary alicyclic amines) is 1. The lowest BCUT2D eigenvalue weighted by Crippen LogP contribution is -2.39. The average Bonchev–Trinajstić information content (AvgIpc) is 3.09. The van der Waals surface area contributed by atoms with Crippen molar-refractivity contribution in [3.05, 3.63) is 48.2 Å². The van der Waals surface area contributed by atoms with Gasteiger partial charge in [-0.15, -0.1) is 0 Å². The second kappa shape index (κ2) is 6.40. The topological polar surface area (TPSA) is 45.6 Å². The first-order chi connectivity index (χ1) is 12.5. The van der Waals surface area contributed by atoms with Crippen LogP contribution in [-0.2, 0) is 16.6 Å². The van der Waals surface area contributed by atoms with E-state index in [9.17, 15) is 9.59 Å². The Bertz CT molecular complexity index is 870. The second-order valence-electron chi connectivity index (χ2n) is 7.63. The van der Waals surface area contributed by atoms with Crippen molar-refractivity contribution in [2.24, 2.45) is 18.9 Å². The zero-order chi connectivity index (χ0) is 18.4. The summed E-state index contributed by atoms with van der Waals surface area (Å²) in [6.07, 6.45) is 7.56. The van der Waals surface area contributed by atoms with E-state index in [0.717, 1.165) is 11.1 Å². The first-order valence-corrected chi connectivity index (χ1v) is 9.19. The molecule has 5 heteroatoms. The molecule has 1 aromatic carbocycles. The van der Waals surface area contributed by atoms with Gasteiger partial charge in [-0.1, -0.05) is 30.4 Å². The summed E-state index contributed by atoms with van der Waals surface area (Å²) in [5, 5.41) is 1.17. The van der Waals surface area contributed by atoms with Gasteiger partial charge in [0.2, 0.25) is 11.8 Å². The molecule has 26 heavy (non-hydrogen) atoms. The van der Waals surface area contributed by atoms with Gasteiger partial charge in [0.05, 0.1) is 17.9 Å². The normalized spacial score (nSPS) is 23.9. The van der Waals surface area contributed by atoms with Gasteiger partial charge in [0, 0.05) is 30.7 Å². The van der Waals surface area contributed by atoms with E-state index < -0.39 is 0 Å². The molecule has 0 spiro atoms. The maximum absolute atomic E-state index is 12.9. The van der Waals surface area contributed by atoms with Crippen LogP contribution in [0.1, 0.15) is 24.4 Å². The molecular weight excluding hydrogens is 326 g/mol. The van der Waals surface area contributed by atoms with E-state index in [1.807, 2.05) is 45.4 Å². The summed E-state index contributed by atoms with van der Waals surface area (Å²) in [4.78, 5) is 29.3.